The zero-order valence-corrected chi connectivity index (χ0v) is 16.3. The number of carbonyl (C=O) groups excluding carboxylic acids is 1. The first-order valence-electron chi connectivity index (χ1n) is 9.44. The monoisotopic (exact) mass is 419 g/mol. The Kier molecular flexibility index (Phi) is 5.38. The van der Waals surface area contributed by atoms with Crippen LogP contribution in [-0.2, 0) is 22.1 Å². The lowest BCUT2D eigenvalue weighted by Gasteiger charge is -2.27. The summed E-state index contributed by atoms with van der Waals surface area (Å²) in [6.07, 6.45) is -2.88. The molecule has 1 amide bonds. The van der Waals surface area contributed by atoms with Gasteiger partial charge in [-0.3, -0.25) is 9.89 Å². The predicted molar refractivity (Wildman–Crippen MR) is 104 cm³/mol. The van der Waals surface area contributed by atoms with E-state index in [1.165, 1.54) is 13.3 Å². The SMILES string of the molecule is COc1ccc(CC(=O)N2CCOCC2)cc1-c1cc(C(F)(F)F)cc2[nH]ncc12. The highest BCUT2D eigenvalue weighted by Gasteiger charge is 2.32. The van der Waals surface area contributed by atoms with E-state index >= 15 is 0 Å². The number of amides is 1. The molecule has 30 heavy (non-hydrogen) atoms. The van der Waals surface area contributed by atoms with Crippen molar-refractivity contribution in [1.29, 1.82) is 0 Å². The second kappa shape index (κ2) is 7.98. The van der Waals surface area contributed by atoms with Gasteiger partial charge in [-0.1, -0.05) is 6.07 Å². The number of aromatic nitrogens is 2. The van der Waals surface area contributed by atoms with E-state index in [-0.39, 0.29) is 17.8 Å². The number of morpholine rings is 1. The Balaban J connectivity index is 1.76. The first kappa shape index (κ1) is 20.2. The second-order valence-corrected chi connectivity index (χ2v) is 7.06. The average molecular weight is 419 g/mol. The van der Waals surface area contributed by atoms with E-state index < -0.39 is 11.7 Å². The van der Waals surface area contributed by atoms with E-state index in [1.54, 1.807) is 23.1 Å². The number of aromatic amines is 1. The lowest BCUT2D eigenvalue weighted by molar-refractivity contribution is -0.137. The zero-order chi connectivity index (χ0) is 21.3. The van der Waals surface area contributed by atoms with Gasteiger partial charge >= 0.3 is 6.18 Å². The molecule has 2 aromatic carbocycles. The number of hydrogen-bond acceptors (Lipinski definition) is 4. The van der Waals surface area contributed by atoms with E-state index in [4.69, 9.17) is 9.47 Å². The molecule has 0 spiro atoms. The predicted octanol–water partition coefficient (Wildman–Crippen LogP) is 3.66. The summed E-state index contributed by atoms with van der Waals surface area (Å²) in [6.45, 7) is 2.07. The van der Waals surface area contributed by atoms with Crippen LogP contribution < -0.4 is 4.74 Å². The summed E-state index contributed by atoms with van der Waals surface area (Å²) in [6, 6.07) is 7.25. The Morgan fingerprint density at radius 2 is 1.97 bits per heavy atom. The first-order valence-corrected chi connectivity index (χ1v) is 9.44. The topological polar surface area (TPSA) is 67.4 Å². The van der Waals surface area contributed by atoms with Crippen LogP contribution in [0.15, 0.2) is 36.5 Å². The first-order chi connectivity index (χ1) is 14.4. The summed E-state index contributed by atoms with van der Waals surface area (Å²) in [5.74, 6) is 0.367. The minimum absolute atomic E-state index is 0.0492. The lowest BCUT2D eigenvalue weighted by atomic mass is 9.95. The summed E-state index contributed by atoms with van der Waals surface area (Å²) in [4.78, 5) is 14.3. The third kappa shape index (κ3) is 3.97. The number of nitrogens with zero attached hydrogens (tertiary/aromatic N) is 2. The van der Waals surface area contributed by atoms with Crippen LogP contribution in [-0.4, -0.2) is 54.4 Å². The maximum absolute atomic E-state index is 13.4. The second-order valence-electron chi connectivity index (χ2n) is 7.06. The maximum atomic E-state index is 13.4. The molecule has 4 rings (SSSR count). The number of methoxy groups -OCH3 is 1. The van der Waals surface area contributed by atoms with Crippen molar-refractivity contribution in [3.8, 4) is 16.9 Å². The maximum Gasteiger partial charge on any atom is 0.416 e. The highest BCUT2D eigenvalue weighted by atomic mass is 19.4. The van der Waals surface area contributed by atoms with Crippen molar-refractivity contribution in [3.63, 3.8) is 0 Å². The molecule has 1 aromatic heterocycles. The smallest absolute Gasteiger partial charge is 0.416 e. The fourth-order valence-electron chi connectivity index (χ4n) is 3.61. The van der Waals surface area contributed by atoms with Gasteiger partial charge in [0.15, 0.2) is 0 Å². The number of fused-ring (bicyclic) bond motifs is 1. The van der Waals surface area contributed by atoms with Gasteiger partial charge in [0.1, 0.15) is 5.75 Å². The van der Waals surface area contributed by atoms with Gasteiger partial charge in [-0.2, -0.15) is 18.3 Å². The molecule has 1 fully saturated rings. The van der Waals surface area contributed by atoms with Crippen molar-refractivity contribution in [1.82, 2.24) is 15.1 Å². The number of benzene rings is 2. The third-order valence-electron chi connectivity index (χ3n) is 5.16. The van der Waals surface area contributed by atoms with Crippen LogP contribution in [0.4, 0.5) is 13.2 Å². The molecule has 0 saturated carbocycles. The number of hydrogen-bond donors (Lipinski definition) is 1. The molecule has 1 N–H and O–H groups in total. The molecule has 2 heterocycles. The van der Waals surface area contributed by atoms with Crippen molar-refractivity contribution < 1.29 is 27.4 Å². The van der Waals surface area contributed by atoms with E-state index in [0.717, 1.165) is 12.1 Å². The van der Waals surface area contributed by atoms with E-state index in [2.05, 4.69) is 10.2 Å². The Labute approximate surface area is 170 Å². The van der Waals surface area contributed by atoms with Gasteiger partial charge in [0.05, 0.1) is 44.0 Å². The quantitative estimate of drug-likeness (QED) is 0.701. The van der Waals surface area contributed by atoms with Gasteiger partial charge in [0.25, 0.3) is 0 Å². The van der Waals surface area contributed by atoms with Crippen LogP contribution >= 0.6 is 0 Å². The van der Waals surface area contributed by atoms with Crippen LogP contribution in [0.2, 0.25) is 0 Å². The summed E-state index contributed by atoms with van der Waals surface area (Å²) >= 11 is 0. The molecule has 0 aliphatic carbocycles. The molecule has 3 aromatic rings. The van der Waals surface area contributed by atoms with Gasteiger partial charge in [0.2, 0.25) is 5.91 Å². The average Bonchev–Trinajstić information content (AvgIpc) is 3.22. The number of rotatable bonds is 4. The van der Waals surface area contributed by atoms with E-state index in [9.17, 15) is 18.0 Å². The van der Waals surface area contributed by atoms with Crippen molar-refractivity contribution in [2.45, 2.75) is 12.6 Å². The molecule has 6 nitrogen and oxygen atoms in total. The highest BCUT2D eigenvalue weighted by Crippen LogP contribution is 2.40. The highest BCUT2D eigenvalue weighted by molar-refractivity contribution is 5.97. The van der Waals surface area contributed by atoms with Crippen LogP contribution in [0, 0.1) is 0 Å². The molecular formula is C21H20F3N3O3. The van der Waals surface area contributed by atoms with Crippen molar-refractivity contribution in [2.75, 3.05) is 33.4 Å². The molecule has 0 bridgehead atoms. The molecule has 158 valence electrons. The van der Waals surface area contributed by atoms with Gasteiger partial charge < -0.3 is 14.4 Å². The van der Waals surface area contributed by atoms with Crippen molar-refractivity contribution in [2.24, 2.45) is 0 Å². The standard InChI is InChI=1S/C21H20F3N3O3/c1-29-19-3-2-13(9-20(28)27-4-6-30-7-5-27)8-16(19)15-10-14(21(22,23)24)11-18-17(15)12-25-26-18/h2-3,8,10-12H,4-7,9H2,1H3,(H,25,26). The van der Waals surface area contributed by atoms with Crippen LogP contribution in [0.3, 0.4) is 0 Å². The zero-order valence-electron chi connectivity index (χ0n) is 16.3. The minimum Gasteiger partial charge on any atom is -0.496 e. The number of halogens is 3. The number of carbonyl (C=O) groups is 1. The van der Waals surface area contributed by atoms with Crippen molar-refractivity contribution in [3.05, 3.63) is 47.7 Å². The normalized spacial score (nSPS) is 14.9. The molecule has 9 heteroatoms. The Hall–Kier alpha value is -3.07. The number of ether oxygens (including phenoxy) is 2. The summed E-state index contributed by atoms with van der Waals surface area (Å²) < 4.78 is 51.0. The molecule has 1 aliphatic rings. The third-order valence-corrected chi connectivity index (χ3v) is 5.16. The molecule has 0 radical (unpaired) electrons. The number of nitrogens with one attached hydrogen (secondary N) is 1. The van der Waals surface area contributed by atoms with Gasteiger partial charge in [-0.25, -0.2) is 0 Å². The Morgan fingerprint density at radius 1 is 1.20 bits per heavy atom. The van der Waals surface area contributed by atoms with Gasteiger partial charge in [-0.05, 0) is 35.4 Å². The number of H-pyrrole nitrogens is 1. The van der Waals surface area contributed by atoms with E-state index in [0.29, 0.717) is 54.1 Å². The summed E-state index contributed by atoms with van der Waals surface area (Å²) in [5.41, 5.74) is 0.993. The summed E-state index contributed by atoms with van der Waals surface area (Å²) in [5, 5.41) is 7.04. The summed E-state index contributed by atoms with van der Waals surface area (Å²) in [7, 11) is 1.46. The molecule has 1 aliphatic heterocycles. The fraction of sp³-hybridized carbons (Fsp3) is 0.333. The fourth-order valence-corrected chi connectivity index (χ4v) is 3.61. The van der Waals surface area contributed by atoms with Crippen LogP contribution in [0.25, 0.3) is 22.0 Å². The minimum atomic E-state index is -4.51. The largest absolute Gasteiger partial charge is 0.496 e. The van der Waals surface area contributed by atoms with Crippen molar-refractivity contribution >= 4 is 16.8 Å². The molecule has 1 saturated heterocycles. The Bertz CT molecular complexity index is 1070. The van der Waals surface area contributed by atoms with Gasteiger partial charge in [-0.15, -0.1) is 0 Å². The van der Waals surface area contributed by atoms with Crippen LogP contribution in [0.1, 0.15) is 11.1 Å². The molecule has 0 atom stereocenters. The molecule has 0 unspecified atom stereocenters. The van der Waals surface area contributed by atoms with Gasteiger partial charge in [0, 0.05) is 24.0 Å². The Morgan fingerprint density at radius 3 is 2.67 bits per heavy atom. The number of alkyl halides is 3. The van der Waals surface area contributed by atoms with Crippen LogP contribution in [0.5, 0.6) is 5.75 Å². The van der Waals surface area contributed by atoms with E-state index in [1.807, 2.05) is 0 Å². The molecular weight excluding hydrogens is 399 g/mol. The lowest BCUT2D eigenvalue weighted by Crippen LogP contribution is -2.41.